The van der Waals surface area contributed by atoms with Gasteiger partial charge in [0, 0.05) is 37.1 Å². The SMILES string of the molecule is CN(Cc1c(F)cccc1Cl)C(=O)Cn1nc2n(c1=O)CCCCC2. The zero-order valence-corrected chi connectivity index (χ0v) is 14.8. The Balaban J connectivity index is 1.73. The van der Waals surface area contributed by atoms with E-state index >= 15 is 0 Å². The lowest BCUT2D eigenvalue weighted by Crippen LogP contribution is -2.35. The number of hydrogen-bond acceptors (Lipinski definition) is 3. The predicted molar refractivity (Wildman–Crippen MR) is 91.9 cm³/mol. The summed E-state index contributed by atoms with van der Waals surface area (Å²) in [4.78, 5) is 26.2. The van der Waals surface area contributed by atoms with Gasteiger partial charge in [0.05, 0.1) is 0 Å². The fraction of sp³-hybridized carbons (Fsp3) is 0.471. The lowest BCUT2D eigenvalue weighted by molar-refractivity contribution is -0.131. The number of aryl methyl sites for hydroxylation is 1. The minimum Gasteiger partial charge on any atom is -0.340 e. The molecule has 0 saturated carbocycles. The minimum atomic E-state index is -0.460. The molecule has 3 rings (SSSR count). The summed E-state index contributed by atoms with van der Waals surface area (Å²) in [5, 5.41) is 4.56. The molecule has 1 amide bonds. The van der Waals surface area contributed by atoms with Gasteiger partial charge in [-0.3, -0.25) is 9.36 Å². The second kappa shape index (κ2) is 7.39. The third-order valence-corrected chi connectivity index (χ3v) is 4.80. The van der Waals surface area contributed by atoms with Crippen molar-refractivity contribution in [2.45, 2.75) is 45.3 Å². The van der Waals surface area contributed by atoms with Crippen LogP contribution in [0.3, 0.4) is 0 Å². The third kappa shape index (κ3) is 3.76. The molecular formula is C17H20ClFN4O2. The summed E-state index contributed by atoms with van der Waals surface area (Å²) in [7, 11) is 1.55. The van der Waals surface area contributed by atoms with Crippen LogP contribution in [0.1, 0.15) is 30.7 Å². The summed E-state index contributed by atoms with van der Waals surface area (Å²) in [6, 6.07) is 4.40. The molecule has 0 bridgehead atoms. The maximum absolute atomic E-state index is 13.9. The van der Waals surface area contributed by atoms with Gasteiger partial charge in [0.2, 0.25) is 5.91 Å². The summed E-state index contributed by atoms with van der Waals surface area (Å²) < 4.78 is 16.7. The molecule has 0 N–H and O–H groups in total. The maximum atomic E-state index is 13.9. The lowest BCUT2D eigenvalue weighted by atomic mass is 10.2. The smallest absolute Gasteiger partial charge is 0.340 e. The number of aromatic nitrogens is 3. The first-order valence-corrected chi connectivity index (χ1v) is 8.68. The summed E-state index contributed by atoms with van der Waals surface area (Å²) in [6.07, 6.45) is 3.76. The zero-order valence-electron chi connectivity index (χ0n) is 14.0. The van der Waals surface area contributed by atoms with Crippen LogP contribution in [0.5, 0.6) is 0 Å². The van der Waals surface area contributed by atoms with Gasteiger partial charge in [0.15, 0.2) is 0 Å². The molecule has 8 heteroatoms. The number of carbonyl (C=O) groups is 1. The number of halogens is 2. The average molecular weight is 367 g/mol. The molecule has 1 aliphatic rings. The van der Waals surface area contributed by atoms with E-state index in [0.29, 0.717) is 6.54 Å². The molecule has 134 valence electrons. The van der Waals surface area contributed by atoms with Crippen LogP contribution < -0.4 is 5.69 Å². The quantitative estimate of drug-likeness (QED) is 0.833. The molecule has 0 atom stereocenters. The van der Waals surface area contributed by atoms with Crippen LogP contribution in [0.15, 0.2) is 23.0 Å². The largest absolute Gasteiger partial charge is 0.346 e. The van der Waals surface area contributed by atoms with Crippen molar-refractivity contribution in [1.82, 2.24) is 19.2 Å². The van der Waals surface area contributed by atoms with Crippen LogP contribution in [0.4, 0.5) is 4.39 Å². The summed E-state index contributed by atoms with van der Waals surface area (Å²) >= 11 is 6.00. The van der Waals surface area contributed by atoms with Crippen molar-refractivity contribution >= 4 is 17.5 Å². The highest BCUT2D eigenvalue weighted by molar-refractivity contribution is 6.31. The Morgan fingerprint density at radius 1 is 1.36 bits per heavy atom. The Kier molecular flexibility index (Phi) is 5.22. The van der Waals surface area contributed by atoms with Gasteiger partial charge in [0.1, 0.15) is 18.2 Å². The Hall–Kier alpha value is -2.15. The van der Waals surface area contributed by atoms with Gasteiger partial charge in [-0.05, 0) is 25.0 Å². The van der Waals surface area contributed by atoms with Gasteiger partial charge < -0.3 is 4.90 Å². The van der Waals surface area contributed by atoms with Gasteiger partial charge in [-0.1, -0.05) is 24.1 Å². The highest BCUT2D eigenvalue weighted by Crippen LogP contribution is 2.20. The van der Waals surface area contributed by atoms with Crippen LogP contribution in [0.2, 0.25) is 5.02 Å². The van der Waals surface area contributed by atoms with Crippen molar-refractivity contribution in [2.24, 2.45) is 0 Å². The summed E-state index contributed by atoms with van der Waals surface area (Å²) in [5.41, 5.74) is -0.00411. The van der Waals surface area contributed by atoms with E-state index in [1.54, 1.807) is 17.7 Å². The predicted octanol–water partition coefficient (Wildman–Crippen LogP) is 2.22. The Morgan fingerprint density at radius 2 is 2.16 bits per heavy atom. The van der Waals surface area contributed by atoms with Crippen LogP contribution >= 0.6 is 11.6 Å². The molecule has 0 radical (unpaired) electrons. The average Bonchev–Trinajstić information content (AvgIpc) is 2.75. The van der Waals surface area contributed by atoms with Crippen LogP contribution in [-0.2, 0) is 30.8 Å². The highest BCUT2D eigenvalue weighted by Gasteiger charge is 2.20. The fourth-order valence-electron chi connectivity index (χ4n) is 2.99. The summed E-state index contributed by atoms with van der Waals surface area (Å²) in [5.74, 6) is -0.0530. The first-order chi connectivity index (χ1) is 12.0. The lowest BCUT2D eigenvalue weighted by Gasteiger charge is -2.18. The zero-order chi connectivity index (χ0) is 18.0. The molecule has 0 unspecified atom stereocenters. The van der Waals surface area contributed by atoms with Gasteiger partial charge >= 0.3 is 5.69 Å². The molecule has 1 aromatic heterocycles. The van der Waals surface area contributed by atoms with E-state index in [1.165, 1.54) is 21.7 Å². The number of rotatable bonds is 4. The Labute approximate surface area is 149 Å². The molecule has 1 aromatic carbocycles. The second-order valence-corrected chi connectivity index (χ2v) is 6.68. The molecular weight excluding hydrogens is 347 g/mol. The van der Waals surface area contributed by atoms with Crippen molar-refractivity contribution in [1.29, 1.82) is 0 Å². The normalized spacial score (nSPS) is 14.0. The summed E-state index contributed by atoms with van der Waals surface area (Å²) in [6.45, 7) is 0.511. The second-order valence-electron chi connectivity index (χ2n) is 6.27. The van der Waals surface area contributed by atoms with E-state index in [9.17, 15) is 14.0 Å². The standard InChI is InChI=1S/C17H20ClFN4O2/c1-21(10-12-13(18)6-5-7-14(12)19)16(24)11-23-17(25)22-9-4-2-3-8-15(22)20-23/h5-7H,2-4,8-11H2,1H3. The van der Waals surface area contributed by atoms with Crippen LogP contribution in [0, 0.1) is 5.82 Å². The van der Waals surface area contributed by atoms with E-state index in [-0.39, 0.29) is 35.3 Å². The highest BCUT2D eigenvalue weighted by atomic mass is 35.5. The van der Waals surface area contributed by atoms with Crippen molar-refractivity contribution in [3.8, 4) is 0 Å². The molecule has 0 aliphatic carbocycles. The van der Waals surface area contributed by atoms with Gasteiger partial charge in [-0.15, -0.1) is 0 Å². The number of amides is 1. The third-order valence-electron chi connectivity index (χ3n) is 4.45. The molecule has 1 aliphatic heterocycles. The monoisotopic (exact) mass is 366 g/mol. The van der Waals surface area contributed by atoms with Crippen molar-refractivity contribution < 1.29 is 9.18 Å². The van der Waals surface area contributed by atoms with E-state index in [4.69, 9.17) is 11.6 Å². The topological polar surface area (TPSA) is 60.1 Å². The van der Waals surface area contributed by atoms with Crippen LogP contribution in [-0.4, -0.2) is 32.2 Å². The number of hydrogen-bond donors (Lipinski definition) is 0. The van der Waals surface area contributed by atoms with Gasteiger partial charge in [-0.25, -0.2) is 13.9 Å². The molecule has 0 spiro atoms. The number of likely N-dealkylation sites (N-methyl/N-ethyl adjacent to an activating group) is 1. The molecule has 0 saturated heterocycles. The molecule has 6 nitrogen and oxygen atoms in total. The molecule has 2 aromatic rings. The number of nitrogens with zero attached hydrogens (tertiary/aromatic N) is 4. The Morgan fingerprint density at radius 3 is 2.92 bits per heavy atom. The van der Waals surface area contributed by atoms with E-state index in [2.05, 4.69) is 5.10 Å². The van der Waals surface area contributed by atoms with Gasteiger partial charge in [0.25, 0.3) is 0 Å². The van der Waals surface area contributed by atoms with E-state index in [0.717, 1.165) is 31.5 Å². The molecule has 0 fully saturated rings. The fourth-order valence-corrected chi connectivity index (χ4v) is 3.21. The van der Waals surface area contributed by atoms with Gasteiger partial charge in [-0.2, -0.15) is 5.10 Å². The first-order valence-electron chi connectivity index (χ1n) is 8.30. The Bertz CT molecular complexity index is 825. The minimum absolute atomic E-state index is 0.0344. The van der Waals surface area contributed by atoms with Crippen molar-refractivity contribution in [3.05, 3.63) is 50.9 Å². The van der Waals surface area contributed by atoms with Crippen molar-refractivity contribution in [3.63, 3.8) is 0 Å². The number of carbonyl (C=O) groups excluding carboxylic acids is 1. The maximum Gasteiger partial charge on any atom is 0.346 e. The number of fused-ring (bicyclic) bond motifs is 1. The van der Waals surface area contributed by atoms with Crippen LogP contribution in [0.25, 0.3) is 0 Å². The molecule has 25 heavy (non-hydrogen) atoms. The van der Waals surface area contributed by atoms with E-state index in [1.807, 2.05) is 0 Å². The van der Waals surface area contributed by atoms with Crippen molar-refractivity contribution in [2.75, 3.05) is 7.05 Å². The number of benzene rings is 1. The first kappa shape index (κ1) is 17.7. The molecule has 2 heterocycles. The van der Waals surface area contributed by atoms with E-state index < -0.39 is 5.82 Å².